The molecule has 0 heterocycles. The zero-order chi connectivity index (χ0) is 11.4. The van der Waals surface area contributed by atoms with Crippen molar-refractivity contribution in [3.05, 3.63) is 34.3 Å². The molecule has 1 aliphatic rings. The lowest BCUT2D eigenvalue weighted by atomic mass is 9.80. The molecule has 1 nitrogen and oxygen atoms in total. The predicted octanol–water partition coefficient (Wildman–Crippen LogP) is 3.90. The highest BCUT2D eigenvalue weighted by molar-refractivity contribution is 9.10. The van der Waals surface area contributed by atoms with Crippen molar-refractivity contribution in [2.24, 2.45) is 11.1 Å². The number of hydrogen-bond donors (Lipinski definition) is 1. The summed E-state index contributed by atoms with van der Waals surface area (Å²) in [5.74, 6) is 0. The van der Waals surface area contributed by atoms with Gasteiger partial charge in [0.15, 0.2) is 0 Å². The van der Waals surface area contributed by atoms with Crippen LogP contribution in [0.2, 0.25) is 0 Å². The van der Waals surface area contributed by atoms with Gasteiger partial charge in [0.25, 0.3) is 0 Å². The lowest BCUT2D eigenvalue weighted by Crippen LogP contribution is -2.27. The number of halogens is 1. The highest BCUT2D eigenvalue weighted by atomic mass is 79.9. The lowest BCUT2D eigenvalue weighted by Gasteiger charge is -2.27. The molecule has 0 spiro atoms. The standard InChI is InChI=1S/C14H20BrN/c15-13-5-3-4-12(10-13)6-9-14(11-16)7-1-2-8-14/h3-5,10H,1-2,6-9,11,16H2. The topological polar surface area (TPSA) is 26.0 Å². The van der Waals surface area contributed by atoms with Gasteiger partial charge in [0.2, 0.25) is 0 Å². The van der Waals surface area contributed by atoms with E-state index in [0.717, 1.165) is 13.0 Å². The van der Waals surface area contributed by atoms with Crippen molar-refractivity contribution >= 4 is 15.9 Å². The first kappa shape index (κ1) is 12.1. The van der Waals surface area contributed by atoms with Crippen LogP contribution in [0.1, 0.15) is 37.7 Å². The molecule has 0 bridgehead atoms. The van der Waals surface area contributed by atoms with E-state index in [1.54, 1.807) is 0 Å². The number of hydrogen-bond acceptors (Lipinski definition) is 1. The van der Waals surface area contributed by atoms with Crippen LogP contribution in [0.5, 0.6) is 0 Å². The monoisotopic (exact) mass is 281 g/mol. The van der Waals surface area contributed by atoms with Gasteiger partial charge in [-0.2, -0.15) is 0 Å². The average Bonchev–Trinajstić information content (AvgIpc) is 2.76. The second-order valence-corrected chi connectivity index (χ2v) is 5.96. The normalized spacial score (nSPS) is 18.9. The average molecular weight is 282 g/mol. The maximum atomic E-state index is 5.95. The maximum absolute atomic E-state index is 5.95. The zero-order valence-corrected chi connectivity index (χ0v) is 11.3. The Labute approximate surface area is 107 Å². The Kier molecular flexibility index (Phi) is 4.04. The van der Waals surface area contributed by atoms with Gasteiger partial charge < -0.3 is 5.73 Å². The SMILES string of the molecule is NCC1(CCc2cccc(Br)c2)CCCC1. The van der Waals surface area contributed by atoms with Gasteiger partial charge in [-0.3, -0.25) is 0 Å². The second-order valence-electron chi connectivity index (χ2n) is 5.04. The molecule has 0 saturated heterocycles. The van der Waals surface area contributed by atoms with Crippen molar-refractivity contribution in [2.45, 2.75) is 38.5 Å². The van der Waals surface area contributed by atoms with Crippen molar-refractivity contribution in [1.82, 2.24) is 0 Å². The third-order valence-corrected chi connectivity index (χ3v) is 4.42. The van der Waals surface area contributed by atoms with Crippen LogP contribution in [0.3, 0.4) is 0 Å². The molecule has 1 fully saturated rings. The van der Waals surface area contributed by atoms with Gasteiger partial charge in [-0.05, 0) is 55.3 Å². The summed E-state index contributed by atoms with van der Waals surface area (Å²) < 4.78 is 1.18. The van der Waals surface area contributed by atoms with Crippen LogP contribution >= 0.6 is 15.9 Å². The van der Waals surface area contributed by atoms with Crippen LogP contribution in [0, 0.1) is 5.41 Å². The molecule has 0 unspecified atom stereocenters. The minimum atomic E-state index is 0.447. The van der Waals surface area contributed by atoms with Gasteiger partial charge in [0.1, 0.15) is 0 Å². The van der Waals surface area contributed by atoms with Gasteiger partial charge in [0, 0.05) is 4.47 Å². The number of aryl methyl sites for hydroxylation is 1. The molecular formula is C14H20BrN. The molecular weight excluding hydrogens is 262 g/mol. The molecule has 0 aliphatic heterocycles. The smallest absolute Gasteiger partial charge is 0.0177 e. The molecule has 1 aliphatic carbocycles. The predicted molar refractivity (Wildman–Crippen MR) is 72.4 cm³/mol. The van der Waals surface area contributed by atoms with E-state index in [1.165, 1.54) is 42.1 Å². The minimum Gasteiger partial charge on any atom is -0.330 e. The van der Waals surface area contributed by atoms with Crippen molar-refractivity contribution in [2.75, 3.05) is 6.54 Å². The van der Waals surface area contributed by atoms with E-state index < -0.39 is 0 Å². The van der Waals surface area contributed by atoms with E-state index >= 15 is 0 Å². The van der Waals surface area contributed by atoms with Gasteiger partial charge in [-0.15, -0.1) is 0 Å². The highest BCUT2D eigenvalue weighted by Gasteiger charge is 2.31. The van der Waals surface area contributed by atoms with Crippen molar-refractivity contribution in [1.29, 1.82) is 0 Å². The molecule has 16 heavy (non-hydrogen) atoms. The molecule has 1 aromatic carbocycles. The van der Waals surface area contributed by atoms with E-state index in [0.29, 0.717) is 5.41 Å². The molecule has 0 radical (unpaired) electrons. The number of rotatable bonds is 4. The van der Waals surface area contributed by atoms with Gasteiger partial charge in [-0.25, -0.2) is 0 Å². The van der Waals surface area contributed by atoms with Crippen molar-refractivity contribution < 1.29 is 0 Å². The summed E-state index contributed by atoms with van der Waals surface area (Å²) >= 11 is 3.52. The first-order valence-electron chi connectivity index (χ1n) is 6.19. The zero-order valence-electron chi connectivity index (χ0n) is 9.71. The van der Waals surface area contributed by atoms with E-state index in [4.69, 9.17) is 5.73 Å². The Balaban J connectivity index is 1.95. The summed E-state index contributed by atoms with van der Waals surface area (Å²) in [6.45, 7) is 0.862. The Bertz CT molecular complexity index is 342. The minimum absolute atomic E-state index is 0.447. The number of nitrogens with two attached hydrogens (primary N) is 1. The van der Waals surface area contributed by atoms with Gasteiger partial charge in [-0.1, -0.05) is 40.9 Å². The molecule has 0 amide bonds. The second kappa shape index (κ2) is 5.33. The summed E-state index contributed by atoms with van der Waals surface area (Å²) in [5, 5.41) is 0. The first-order valence-corrected chi connectivity index (χ1v) is 6.98. The molecule has 2 rings (SSSR count). The van der Waals surface area contributed by atoms with Crippen LogP contribution < -0.4 is 5.73 Å². The molecule has 1 aromatic rings. The van der Waals surface area contributed by atoms with E-state index in [1.807, 2.05) is 0 Å². The van der Waals surface area contributed by atoms with Crippen LogP contribution in [0.15, 0.2) is 28.7 Å². The van der Waals surface area contributed by atoms with Gasteiger partial charge in [0.05, 0.1) is 0 Å². The largest absolute Gasteiger partial charge is 0.330 e. The Morgan fingerprint density at radius 2 is 2.00 bits per heavy atom. The van der Waals surface area contributed by atoms with Crippen LogP contribution in [0.4, 0.5) is 0 Å². The Morgan fingerprint density at radius 3 is 2.62 bits per heavy atom. The Hall–Kier alpha value is -0.340. The van der Waals surface area contributed by atoms with Crippen LogP contribution in [0.25, 0.3) is 0 Å². The van der Waals surface area contributed by atoms with Crippen molar-refractivity contribution in [3.63, 3.8) is 0 Å². The summed E-state index contributed by atoms with van der Waals surface area (Å²) in [7, 11) is 0. The third-order valence-electron chi connectivity index (χ3n) is 3.93. The fourth-order valence-electron chi connectivity index (χ4n) is 2.78. The molecule has 2 heteroatoms. The first-order chi connectivity index (χ1) is 7.74. The summed E-state index contributed by atoms with van der Waals surface area (Å²) in [6, 6.07) is 8.63. The molecule has 2 N–H and O–H groups in total. The van der Waals surface area contributed by atoms with E-state index in [2.05, 4.69) is 40.2 Å². The quantitative estimate of drug-likeness (QED) is 0.890. The third kappa shape index (κ3) is 2.86. The van der Waals surface area contributed by atoms with E-state index in [9.17, 15) is 0 Å². The molecule has 1 saturated carbocycles. The van der Waals surface area contributed by atoms with Crippen LogP contribution in [-0.2, 0) is 6.42 Å². The molecule has 88 valence electrons. The number of benzene rings is 1. The van der Waals surface area contributed by atoms with Gasteiger partial charge >= 0.3 is 0 Å². The highest BCUT2D eigenvalue weighted by Crippen LogP contribution is 2.40. The molecule has 0 aromatic heterocycles. The molecule has 0 atom stereocenters. The summed E-state index contributed by atoms with van der Waals surface area (Å²) in [4.78, 5) is 0. The van der Waals surface area contributed by atoms with E-state index in [-0.39, 0.29) is 0 Å². The summed E-state index contributed by atoms with van der Waals surface area (Å²) in [6.07, 6.45) is 7.82. The fraction of sp³-hybridized carbons (Fsp3) is 0.571. The lowest BCUT2D eigenvalue weighted by molar-refractivity contribution is 0.283. The fourth-order valence-corrected chi connectivity index (χ4v) is 3.23. The van der Waals surface area contributed by atoms with Crippen LogP contribution in [-0.4, -0.2) is 6.54 Å². The van der Waals surface area contributed by atoms with Crippen molar-refractivity contribution in [3.8, 4) is 0 Å². The maximum Gasteiger partial charge on any atom is 0.0177 e. The summed E-state index contributed by atoms with van der Waals surface area (Å²) in [5.41, 5.74) is 7.83. The Morgan fingerprint density at radius 1 is 1.25 bits per heavy atom.